The van der Waals surface area contributed by atoms with Crippen molar-refractivity contribution in [3.63, 3.8) is 0 Å². The van der Waals surface area contributed by atoms with Crippen molar-refractivity contribution in [2.24, 2.45) is 11.8 Å². The molecule has 0 aliphatic heterocycles. The van der Waals surface area contributed by atoms with Gasteiger partial charge in [0.25, 0.3) is 0 Å². The maximum Gasteiger partial charge on any atom is 0.224 e. The van der Waals surface area contributed by atoms with Gasteiger partial charge < -0.3 is 15.0 Å². The first kappa shape index (κ1) is 22.1. The first-order valence-electron chi connectivity index (χ1n) is 10.3. The van der Waals surface area contributed by atoms with E-state index >= 15 is 0 Å². The second-order valence-corrected chi connectivity index (χ2v) is 8.03. The zero-order valence-electron chi connectivity index (χ0n) is 17.9. The summed E-state index contributed by atoms with van der Waals surface area (Å²) in [4.78, 5) is 29.1. The number of amides is 1. The highest BCUT2D eigenvalue weighted by atomic mass is 16.5. The average Bonchev–Trinajstić information content (AvgIpc) is 3.41. The number of H-pyrrole nitrogens is 2. The van der Waals surface area contributed by atoms with Crippen LogP contribution in [0.3, 0.4) is 0 Å². The summed E-state index contributed by atoms with van der Waals surface area (Å²) in [6.45, 7) is 4.01. The molecule has 0 fully saturated rings. The monoisotopic (exact) mass is 421 g/mol. The minimum Gasteiger partial charge on any atom is -0.496 e. The van der Waals surface area contributed by atoms with Crippen LogP contribution in [0.4, 0.5) is 0 Å². The fourth-order valence-corrected chi connectivity index (χ4v) is 3.68. The van der Waals surface area contributed by atoms with E-state index in [-0.39, 0.29) is 24.0 Å². The van der Waals surface area contributed by atoms with E-state index in [0.29, 0.717) is 24.3 Å². The normalized spacial score (nSPS) is 13.0. The summed E-state index contributed by atoms with van der Waals surface area (Å²) in [6.07, 6.45) is 2.53. The molecule has 0 spiro atoms. The number of rotatable bonds is 10. The van der Waals surface area contributed by atoms with Gasteiger partial charge in [0.2, 0.25) is 5.91 Å². The number of ether oxygens (including phenoxy) is 1. The van der Waals surface area contributed by atoms with Crippen molar-refractivity contribution in [3.8, 4) is 11.8 Å². The Morgan fingerprint density at radius 2 is 2.10 bits per heavy atom. The summed E-state index contributed by atoms with van der Waals surface area (Å²) in [7, 11) is 1.58. The molecule has 2 heterocycles. The fourth-order valence-electron chi connectivity index (χ4n) is 3.68. The smallest absolute Gasteiger partial charge is 0.224 e. The zero-order valence-corrected chi connectivity index (χ0v) is 17.9. The third kappa shape index (κ3) is 5.51. The quantitative estimate of drug-likeness (QED) is 0.433. The fraction of sp³-hybridized carbons (Fsp3) is 0.391. The molecule has 0 aliphatic rings. The third-order valence-electron chi connectivity index (χ3n) is 5.16. The van der Waals surface area contributed by atoms with Crippen LogP contribution in [0.2, 0.25) is 0 Å². The summed E-state index contributed by atoms with van der Waals surface area (Å²) in [6, 6.07) is 10.5. The number of carbonyl (C=O) groups is 2. The summed E-state index contributed by atoms with van der Waals surface area (Å²) in [5, 5.41) is 19.7. The van der Waals surface area contributed by atoms with Gasteiger partial charge in [0.1, 0.15) is 11.8 Å². The van der Waals surface area contributed by atoms with E-state index in [4.69, 9.17) is 4.74 Å². The van der Waals surface area contributed by atoms with Crippen LogP contribution in [0.15, 0.2) is 36.5 Å². The lowest BCUT2D eigenvalue weighted by Crippen LogP contribution is -2.40. The molecule has 31 heavy (non-hydrogen) atoms. The number of hydrogen-bond donors (Lipinski definition) is 3. The van der Waals surface area contributed by atoms with Crippen LogP contribution in [0.5, 0.6) is 5.75 Å². The van der Waals surface area contributed by atoms with Crippen molar-refractivity contribution >= 4 is 22.6 Å². The van der Waals surface area contributed by atoms with Crippen LogP contribution in [0.25, 0.3) is 10.9 Å². The van der Waals surface area contributed by atoms with Gasteiger partial charge in [0, 0.05) is 41.6 Å². The Kier molecular flexibility index (Phi) is 7.08. The number of benzene rings is 1. The van der Waals surface area contributed by atoms with E-state index < -0.39 is 12.0 Å². The van der Waals surface area contributed by atoms with Crippen molar-refractivity contribution < 1.29 is 14.3 Å². The van der Waals surface area contributed by atoms with E-state index in [1.165, 1.54) is 0 Å². The molecule has 1 aromatic carbocycles. The number of aromatic nitrogens is 3. The predicted molar refractivity (Wildman–Crippen MR) is 117 cm³/mol. The highest BCUT2D eigenvalue weighted by Gasteiger charge is 2.26. The van der Waals surface area contributed by atoms with E-state index in [1.807, 2.05) is 32.0 Å². The molecule has 3 aromatic rings. The topological polar surface area (TPSA) is 124 Å². The van der Waals surface area contributed by atoms with E-state index in [9.17, 15) is 14.9 Å². The minimum atomic E-state index is -0.699. The number of carbonyl (C=O) groups excluding carboxylic acids is 2. The van der Waals surface area contributed by atoms with E-state index in [1.54, 1.807) is 25.4 Å². The first-order chi connectivity index (χ1) is 14.9. The Morgan fingerprint density at radius 1 is 1.29 bits per heavy atom. The van der Waals surface area contributed by atoms with Crippen LogP contribution in [-0.4, -0.2) is 40.0 Å². The summed E-state index contributed by atoms with van der Waals surface area (Å²) in [5.41, 5.74) is 2.00. The Balaban J connectivity index is 1.73. The molecule has 2 aromatic heterocycles. The van der Waals surface area contributed by atoms with Crippen molar-refractivity contribution in [3.05, 3.63) is 47.9 Å². The SMILES string of the molecule is COc1cccc2[nH]c(C(=O)C[C@@H](CC(C)C)C(=O)NC(C#N)Cc3ccn[nH]3)cc12. The van der Waals surface area contributed by atoms with Crippen LogP contribution >= 0.6 is 0 Å². The second-order valence-electron chi connectivity index (χ2n) is 8.03. The molecule has 8 nitrogen and oxygen atoms in total. The molecule has 0 bridgehead atoms. The lowest BCUT2D eigenvalue weighted by Gasteiger charge is -2.20. The van der Waals surface area contributed by atoms with Crippen LogP contribution in [0, 0.1) is 23.2 Å². The van der Waals surface area contributed by atoms with Crippen molar-refractivity contribution in [2.75, 3.05) is 7.11 Å². The molecule has 1 amide bonds. The lowest BCUT2D eigenvalue weighted by molar-refractivity contribution is -0.125. The van der Waals surface area contributed by atoms with Crippen molar-refractivity contribution in [2.45, 2.75) is 39.2 Å². The highest BCUT2D eigenvalue weighted by molar-refractivity contribution is 6.02. The van der Waals surface area contributed by atoms with Gasteiger partial charge in [-0.05, 0) is 36.6 Å². The molecule has 0 saturated heterocycles. The standard InChI is InChI=1S/C23H27N5O3/c1-14(2)9-15(23(30)26-17(13-24)11-16-7-8-25-28-16)10-21(29)20-12-18-19(27-20)5-4-6-22(18)31-3/h4-8,12,14-15,17,27H,9-11H2,1-3H3,(H,25,28)(H,26,30)/t15-,17?/m1/s1. The van der Waals surface area contributed by atoms with Gasteiger partial charge in [-0.15, -0.1) is 0 Å². The van der Waals surface area contributed by atoms with Gasteiger partial charge in [0.15, 0.2) is 5.78 Å². The number of nitrogens with zero attached hydrogens (tertiary/aromatic N) is 2. The van der Waals surface area contributed by atoms with Crippen LogP contribution in [0.1, 0.15) is 42.9 Å². The lowest BCUT2D eigenvalue weighted by atomic mass is 9.90. The third-order valence-corrected chi connectivity index (χ3v) is 5.16. The number of nitriles is 1. The Bertz CT molecular complexity index is 1080. The predicted octanol–water partition coefficient (Wildman–Crippen LogP) is 3.39. The molecule has 3 rings (SSSR count). The molecule has 0 saturated carbocycles. The average molecular weight is 422 g/mol. The Hall–Kier alpha value is -3.60. The van der Waals surface area contributed by atoms with Crippen LogP contribution < -0.4 is 10.1 Å². The van der Waals surface area contributed by atoms with E-state index in [0.717, 1.165) is 16.6 Å². The molecule has 0 radical (unpaired) electrons. The summed E-state index contributed by atoms with van der Waals surface area (Å²) >= 11 is 0. The van der Waals surface area contributed by atoms with Gasteiger partial charge in [0.05, 0.1) is 18.9 Å². The first-order valence-corrected chi connectivity index (χ1v) is 10.3. The zero-order chi connectivity index (χ0) is 22.4. The van der Waals surface area contributed by atoms with Crippen LogP contribution in [-0.2, 0) is 11.2 Å². The maximum atomic E-state index is 13.0. The number of hydrogen-bond acceptors (Lipinski definition) is 5. The Morgan fingerprint density at radius 3 is 2.74 bits per heavy atom. The largest absolute Gasteiger partial charge is 0.496 e. The van der Waals surface area contributed by atoms with Crippen molar-refractivity contribution in [1.29, 1.82) is 5.26 Å². The minimum absolute atomic E-state index is 0.0569. The molecule has 3 N–H and O–H groups in total. The van der Waals surface area contributed by atoms with Gasteiger partial charge in [-0.25, -0.2) is 0 Å². The number of aromatic amines is 2. The Labute approximate surface area is 181 Å². The summed E-state index contributed by atoms with van der Waals surface area (Å²) < 4.78 is 5.36. The number of Topliss-reactive ketones (excluding diaryl/α,β-unsaturated/α-hetero) is 1. The van der Waals surface area contributed by atoms with E-state index in [2.05, 4.69) is 26.6 Å². The molecular formula is C23H27N5O3. The highest BCUT2D eigenvalue weighted by Crippen LogP contribution is 2.27. The molecule has 8 heteroatoms. The molecule has 0 aliphatic carbocycles. The second kappa shape index (κ2) is 9.94. The molecule has 2 atom stereocenters. The van der Waals surface area contributed by atoms with Gasteiger partial charge in [-0.3, -0.25) is 14.7 Å². The number of ketones is 1. The molecule has 1 unspecified atom stereocenters. The number of methoxy groups -OCH3 is 1. The molecular weight excluding hydrogens is 394 g/mol. The number of fused-ring (bicyclic) bond motifs is 1. The maximum absolute atomic E-state index is 13.0. The van der Waals surface area contributed by atoms with Gasteiger partial charge >= 0.3 is 0 Å². The number of nitrogens with one attached hydrogen (secondary N) is 3. The molecule has 162 valence electrons. The van der Waals surface area contributed by atoms with Gasteiger partial charge in [-0.1, -0.05) is 19.9 Å². The summed E-state index contributed by atoms with van der Waals surface area (Å²) in [5.74, 6) is -0.0687. The van der Waals surface area contributed by atoms with Crippen molar-refractivity contribution in [1.82, 2.24) is 20.5 Å². The van der Waals surface area contributed by atoms with Gasteiger partial charge in [-0.2, -0.15) is 10.4 Å².